The average Bonchev–Trinajstić information content (AvgIpc) is 2.47. The van der Waals surface area contributed by atoms with Crippen LogP contribution in [0.3, 0.4) is 0 Å². The Kier molecular flexibility index (Phi) is 7.29. The lowest BCUT2D eigenvalue weighted by Gasteiger charge is -2.16. The molecule has 0 bridgehead atoms. The predicted molar refractivity (Wildman–Crippen MR) is 82.7 cm³/mol. The van der Waals surface area contributed by atoms with Gasteiger partial charge in [-0.2, -0.15) is 0 Å². The highest BCUT2D eigenvalue weighted by atomic mass is 16.4. The fourth-order valence-electron chi connectivity index (χ4n) is 1.71. The third-order valence-electron chi connectivity index (χ3n) is 2.67. The van der Waals surface area contributed by atoms with Gasteiger partial charge in [-0.1, -0.05) is 60.7 Å². The standard InChI is InChI=1S/C17H19NO3/c1-2-3-4-5-9-12-16(19)18-15(13-17(20)21)14-10-7-6-8-11-14/h2-12,15H,13H2,1H3,(H,18,19)(H,20,21)/b3-2-,5-4-,12-9?. The molecule has 1 amide bonds. The van der Waals surface area contributed by atoms with E-state index in [1.165, 1.54) is 6.08 Å². The smallest absolute Gasteiger partial charge is 0.305 e. The zero-order valence-corrected chi connectivity index (χ0v) is 11.9. The van der Waals surface area contributed by atoms with E-state index in [-0.39, 0.29) is 12.3 Å². The Hall–Kier alpha value is -2.62. The van der Waals surface area contributed by atoms with E-state index in [0.717, 1.165) is 5.56 Å². The number of amides is 1. The van der Waals surface area contributed by atoms with Crippen LogP contribution in [0.25, 0.3) is 0 Å². The lowest BCUT2D eigenvalue weighted by atomic mass is 10.0. The second-order valence-electron chi connectivity index (χ2n) is 4.34. The molecule has 0 radical (unpaired) electrons. The molecule has 0 aliphatic carbocycles. The van der Waals surface area contributed by atoms with Crippen LogP contribution in [-0.2, 0) is 9.59 Å². The van der Waals surface area contributed by atoms with Crippen molar-refractivity contribution in [2.75, 3.05) is 0 Å². The molecule has 0 fully saturated rings. The van der Waals surface area contributed by atoms with E-state index in [4.69, 9.17) is 5.11 Å². The summed E-state index contributed by atoms with van der Waals surface area (Å²) in [5.74, 6) is -1.28. The van der Waals surface area contributed by atoms with Crippen LogP contribution in [-0.4, -0.2) is 17.0 Å². The minimum Gasteiger partial charge on any atom is -0.481 e. The summed E-state index contributed by atoms with van der Waals surface area (Å²) in [6, 6.07) is 8.51. The van der Waals surface area contributed by atoms with Crippen LogP contribution >= 0.6 is 0 Å². The van der Waals surface area contributed by atoms with Gasteiger partial charge in [-0.05, 0) is 12.5 Å². The number of carbonyl (C=O) groups is 2. The van der Waals surface area contributed by atoms with E-state index < -0.39 is 12.0 Å². The average molecular weight is 285 g/mol. The number of benzene rings is 1. The van der Waals surface area contributed by atoms with Crippen LogP contribution < -0.4 is 5.32 Å². The molecule has 110 valence electrons. The van der Waals surface area contributed by atoms with Gasteiger partial charge in [0.1, 0.15) is 0 Å². The van der Waals surface area contributed by atoms with Crippen molar-refractivity contribution in [1.82, 2.24) is 5.32 Å². The number of carboxylic acids is 1. The van der Waals surface area contributed by atoms with Crippen molar-refractivity contribution in [1.29, 1.82) is 0 Å². The van der Waals surface area contributed by atoms with Crippen LogP contribution in [0.1, 0.15) is 24.9 Å². The zero-order chi connectivity index (χ0) is 15.5. The maximum atomic E-state index is 11.8. The summed E-state index contributed by atoms with van der Waals surface area (Å²) in [7, 11) is 0. The molecular formula is C17H19NO3. The third-order valence-corrected chi connectivity index (χ3v) is 2.67. The van der Waals surface area contributed by atoms with Crippen LogP contribution in [0.5, 0.6) is 0 Å². The van der Waals surface area contributed by atoms with Gasteiger partial charge in [-0.25, -0.2) is 0 Å². The molecule has 4 heteroatoms. The molecular weight excluding hydrogens is 266 g/mol. The minimum absolute atomic E-state index is 0.155. The molecule has 0 saturated carbocycles. The highest BCUT2D eigenvalue weighted by Gasteiger charge is 2.16. The van der Waals surface area contributed by atoms with Crippen LogP contribution in [0.4, 0.5) is 0 Å². The molecule has 1 atom stereocenters. The zero-order valence-electron chi connectivity index (χ0n) is 11.9. The number of allylic oxidation sites excluding steroid dienone is 5. The second-order valence-corrected chi connectivity index (χ2v) is 4.34. The second kappa shape index (κ2) is 9.31. The molecule has 21 heavy (non-hydrogen) atoms. The highest BCUT2D eigenvalue weighted by Crippen LogP contribution is 2.16. The van der Waals surface area contributed by atoms with Crippen molar-refractivity contribution >= 4 is 11.9 Å². The summed E-state index contributed by atoms with van der Waals surface area (Å²) < 4.78 is 0. The first-order valence-corrected chi connectivity index (χ1v) is 6.66. The monoisotopic (exact) mass is 285 g/mol. The molecule has 4 nitrogen and oxygen atoms in total. The summed E-state index contributed by atoms with van der Waals surface area (Å²) in [6.45, 7) is 1.90. The minimum atomic E-state index is -0.957. The molecule has 0 aromatic heterocycles. The Labute approximate surface area is 124 Å². The van der Waals surface area contributed by atoms with Crippen molar-refractivity contribution in [3.8, 4) is 0 Å². The summed E-state index contributed by atoms with van der Waals surface area (Å²) in [5.41, 5.74) is 0.770. The molecule has 1 rings (SSSR count). The number of carbonyl (C=O) groups excluding carboxylic acids is 1. The number of nitrogens with one attached hydrogen (secondary N) is 1. The van der Waals surface area contributed by atoms with Gasteiger partial charge >= 0.3 is 5.97 Å². The normalized spacial score (nSPS) is 13.0. The molecule has 0 aliphatic rings. The molecule has 1 aromatic rings. The third kappa shape index (κ3) is 6.92. The summed E-state index contributed by atoms with van der Waals surface area (Å²) in [5, 5.41) is 11.6. The fraction of sp³-hybridized carbons (Fsp3) is 0.176. The largest absolute Gasteiger partial charge is 0.481 e. The number of carboxylic acid groups (broad SMARTS) is 1. The molecule has 1 unspecified atom stereocenters. The van der Waals surface area contributed by atoms with Crippen molar-refractivity contribution < 1.29 is 14.7 Å². The van der Waals surface area contributed by atoms with Crippen LogP contribution in [0.2, 0.25) is 0 Å². The van der Waals surface area contributed by atoms with Crippen molar-refractivity contribution in [3.63, 3.8) is 0 Å². The topological polar surface area (TPSA) is 66.4 Å². The Morgan fingerprint density at radius 2 is 1.81 bits per heavy atom. The van der Waals surface area contributed by atoms with Gasteiger partial charge in [0.05, 0.1) is 12.5 Å². The van der Waals surface area contributed by atoms with Gasteiger partial charge < -0.3 is 10.4 Å². The van der Waals surface area contributed by atoms with Gasteiger partial charge in [0.25, 0.3) is 0 Å². The van der Waals surface area contributed by atoms with Crippen molar-refractivity contribution in [3.05, 3.63) is 72.4 Å². The number of hydrogen-bond acceptors (Lipinski definition) is 2. The molecule has 1 aromatic carbocycles. The van der Waals surface area contributed by atoms with Gasteiger partial charge in [0, 0.05) is 6.08 Å². The predicted octanol–water partition coefficient (Wildman–Crippen LogP) is 3.01. The maximum absolute atomic E-state index is 11.8. The first kappa shape index (κ1) is 16.4. The first-order valence-electron chi connectivity index (χ1n) is 6.66. The summed E-state index contributed by atoms with van der Waals surface area (Å²) >= 11 is 0. The van der Waals surface area contributed by atoms with E-state index in [1.807, 2.05) is 37.3 Å². The Bertz CT molecular complexity index is 544. The highest BCUT2D eigenvalue weighted by molar-refractivity contribution is 5.88. The molecule has 0 aliphatic heterocycles. The van der Waals surface area contributed by atoms with Gasteiger partial charge in [-0.15, -0.1) is 0 Å². The van der Waals surface area contributed by atoms with E-state index in [1.54, 1.807) is 30.4 Å². The maximum Gasteiger partial charge on any atom is 0.305 e. The van der Waals surface area contributed by atoms with E-state index in [9.17, 15) is 9.59 Å². The van der Waals surface area contributed by atoms with Gasteiger partial charge in [-0.3, -0.25) is 9.59 Å². The Morgan fingerprint density at radius 3 is 2.43 bits per heavy atom. The fourth-order valence-corrected chi connectivity index (χ4v) is 1.71. The van der Waals surface area contributed by atoms with Crippen LogP contribution in [0, 0.1) is 0 Å². The van der Waals surface area contributed by atoms with Gasteiger partial charge in [0.2, 0.25) is 5.91 Å². The van der Waals surface area contributed by atoms with Crippen molar-refractivity contribution in [2.45, 2.75) is 19.4 Å². The van der Waals surface area contributed by atoms with Crippen LogP contribution in [0.15, 0.2) is 66.8 Å². The van der Waals surface area contributed by atoms with E-state index >= 15 is 0 Å². The lowest BCUT2D eigenvalue weighted by Crippen LogP contribution is -2.28. The molecule has 2 N–H and O–H groups in total. The molecule has 0 heterocycles. The quantitative estimate of drug-likeness (QED) is 0.598. The molecule has 0 saturated heterocycles. The SMILES string of the molecule is C/C=C\C=C/C=CC(=O)NC(CC(=O)O)c1ccccc1. The summed E-state index contributed by atoms with van der Waals surface area (Å²) in [4.78, 5) is 22.7. The number of hydrogen-bond donors (Lipinski definition) is 2. The number of aliphatic carboxylic acids is 1. The van der Waals surface area contributed by atoms with E-state index in [2.05, 4.69) is 5.32 Å². The number of rotatable bonds is 7. The Balaban J connectivity index is 2.69. The summed E-state index contributed by atoms with van der Waals surface area (Å²) in [6.07, 6.45) is 10.1. The van der Waals surface area contributed by atoms with Crippen molar-refractivity contribution in [2.24, 2.45) is 0 Å². The lowest BCUT2D eigenvalue weighted by molar-refractivity contribution is -0.137. The van der Waals surface area contributed by atoms with E-state index in [0.29, 0.717) is 0 Å². The van der Waals surface area contributed by atoms with Gasteiger partial charge in [0.15, 0.2) is 0 Å². The molecule has 0 spiro atoms. The Morgan fingerprint density at radius 1 is 1.14 bits per heavy atom. The first-order chi connectivity index (χ1) is 10.1.